The molecule has 0 unspecified atom stereocenters. The van der Waals surface area contributed by atoms with E-state index in [4.69, 9.17) is 10.00 Å². The van der Waals surface area contributed by atoms with Crippen LogP contribution in [0.5, 0.6) is 5.75 Å². The molecule has 1 N–H and O–H groups in total. The summed E-state index contributed by atoms with van der Waals surface area (Å²) in [5.74, 6) is 0.749. The van der Waals surface area contributed by atoms with Gasteiger partial charge in [-0.2, -0.15) is 5.26 Å². The zero-order valence-corrected chi connectivity index (χ0v) is 10.2. The van der Waals surface area contributed by atoms with Crippen LogP contribution in [0.25, 0.3) is 0 Å². The predicted molar refractivity (Wildman–Crippen MR) is 67.0 cm³/mol. The molecule has 6 heteroatoms. The van der Waals surface area contributed by atoms with E-state index < -0.39 is 0 Å². The second-order valence-electron chi connectivity index (χ2n) is 3.71. The first-order chi connectivity index (χ1) is 9.22. The van der Waals surface area contributed by atoms with Gasteiger partial charge < -0.3 is 10.1 Å². The average Bonchev–Trinajstić information content (AvgIpc) is 2.45. The molecule has 96 valence electrons. The molecule has 1 heterocycles. The SMILES string of the molecule is COc1ccc(F)cc1CNc1cc(C#N)ncn1. The van der Waals surface area contributed by atoms with Crippen LogP contribution in [-0.2, 0) is 6.54 Å². The lowest BCUT2D eigenvalue weighted by atomic mass is 10.2. The van der Waals surface area contributed by atoms with Crippen molar-refractivity contribution in [3.8, 4) is 11.8 Å². The molecule has 1 aromatic carbocycles. The second kappa shape index (κ2) is 5.78. The molecule has 5 nitrogen and oxygen atoms in total. The third kappa shape index (κ3) is 3.16. The highest BCUT2D eigenvalue weighted by atomic mass is 19.1. The van der Waals surface area contributed by atoms with E-state index in [0.29, 0.717) is 23.7 Å². The number of halogens is 1. The number of hydrogen-bond acceptors (Lipinski definition) is 5. The Balaban J connectivity index is 2.14. The van der Waals surface area contributed by atoms with Crippen molar-refractivity contribution in [3.05, 3.63) is 47.7 Å². The summed E-state index contributed by atoms with van der Waals surface area (Å²) < 4.78 is 18.3. The van der Waals surface area contributed by atoms with Gasteiger partial charge in [0.05, 0.1) is 7.11 Å². The highest BCUT2D eigenvalue weighted by molar-refractivity contribution is 5.42. The topological polar surface area (TPSA) is 70.8 Å². The van der Waals surface area contributed by atoms with Crippen molar-refractivity contribution < 1.29 is 9.13 Å². The van der Waals surface area contributed by atoms with Crippen LogP contribution in [0.15, 0.2) is 30.6 Å². The lowest BCUT2D eigenvalue weighted by Gasteiger charge is -2.10. The number of methoxy groups -OCH3 is 1. The van der Waals surface area contributed by atoms with Gasteiger partial charge in [0, 0.05) is 18.2 Å². The molecule has 0 spiro atoms. The second-order valence-corrected chi connectivity index (χ2v) is 3.71. The molecular weight excluding hydrogens is 247 g/mol. The summed E-state index contributed by atoms with van der Waals surface area (Å²) in [6.07, 6.45) is 1.30. The Labute approximate surface area is 109 Å². The van der Waals surface area contributed by atoms with Crippen LogP contribution in [0.3, 0.4) is 0 Å². The van der Waals surface area contributed by atoms with Crippen molar-refractivity contribution in [2.45, 2.75) is 6.54 Å². The zero-order valence-electron chi connectivity index (χ0n) is 10.2. The molecule has 0 fully saturated rings. The van der Waals surface area contributed by atoms with Gasteiger partial charge in [0.2, 0.25) is 0 Å². The average molecular weight is 258 g/mol. The molecule has 0 saturated carbocycles. The van der Waals surface area contributed by atoms with Gasteiger partial charge in [-0.1, -0.05) is 0 Å². The van der Waals surface area contributed by atoms with Crippen LogP contribution >= 0.6 is 0 Å². The predicted octanol–water partition coefficient (Wildman–Crippen LogP) is 2.11. The number of ether oxygens (including phenoxy) is 1. The first-order valence-corrected chi connectivity index (χ1v) is 5.51. The van der Waals surface area contributed by atoms with Gasteiger partial charge in [0.1, 0.15) is 35.5 Å². The van der Waals surface area contributed by atoms with E-state index in [9.17, 15) is 4.39 Å². The van der Waals surface area contributed by atoms with Gasteiger partial charge in [-0.25, -0.2) is 14.4 Å². The Kier molecular flexibility index (Phi) is 3.88. The third-order valence-corrected chi connectivity index (χ3v) is 2.48. The summed E-state index contributed by atoms with van der Waals surface area (Å²) in [7, 11) is 1.52. The Morgan fingerprint density at radius 1 is 1.37 bits per heavy atom. The number of rotatable bonds is 4. The van der Waals surface area contributed by atoms with Gasteiger partial charge in [-0.3, -0.25) is 0 Å². The minimum Gasteiger partial charge on any atom is -0.496 e. The third-order valence-electron chi connectivity index (χ3n) is 2.48. The highest BCUT2D eigenvalue weighted by Crippen LogP contribution is 2.20. The minimum atomic E-state index is -0.335. The Morgan fingerprint density at radius 2 is 2.21 bits per heavy atom. The van der Waals surface area contributed by atoms with Crippen molar-refractivity contribution in [3.63, 3.8) is 0 Å². The molecule has 0 bridgehead atoms. The smallest absolute Gasteiger partial charge is 0.145 e. The fraction of sp³-hybridized carbons (Fsp3) is 0.154. The van der Waals surface area contributed by atoms with E-state index in [1.807, 2.05) is 6.07 Å². The molecule has 0 aliphatic rings. The van der Waals surface area contributed by atoms with Crippen LogP contribution in [0.1, 0.15) is 11.3 Å². The van der Waals surface area contributed by atoms with E-state index in [0.717, 1.165) is 0 Å². The quantitative estimate of drug-likeness (QED) is 0.909. The number of nitrogens with one attached hydrogen (secondary N) is 1. The summed E-state index contributed by atoms with van der Waals surface area (Å²) in [6, 6.07) is 7.72. The normalized spacial score (nSPS) is 9.74. The van der Waals surface area contributed by atoms with E-state index in [1.165, 1.54) is 31.6 Å². The van der Waals surface area contributed by atoms with Crippen molar-refractivity contribution in [1.29, 1.82) is 5.26 Å². The zero-order chi connectivity index (χ0) is 13.7. The van der Waals surface area contributed by atoms with Crippen molar-refractivity contribution in [2.75, 3.05) is 12.4 Å². The summed E-state index contributed by atoms with van der Waals surface area (Å²) in [4.78, 5) is 7.74. The van der Waals surface area contributed by atoms with Gasteiger partial charge in [0.15, 0.2) is 0 Å². The number of hydrogen-bond donors (Lipinski definition) is 1. The highest BCUT2D eigenvalue weighted by Gasteiger charge is 2.05. The lowest BCUT2D eigenvalue weighted by Crippen LogP contribution is -2.04. The van der Waals surface area contributed by atoms with Gasteiger partial charge >= 0.3 is 0 Å². The fourth-order valence-electron chi connectivity index (χ4n) is 1.59. The largest absolute Gasteiger partial charge is 0.496 e. The number of anilines is 1. The number of benzene rings is 1. The molecule has 0 aliphatic carbocycles. The summed E-state index contributed by atoms with van der Waals surface area (Å²) in [6.45, 7) is 0.336. The first-order valence-electron chi connectivity index (χ1n) is 5.51. The molecule has 0 atom stereocenters. The molecule has 0 saturated heterocycles. The molecule has 1 aromatic heterocycles. The van der Waals surface area contributed by atoms with Gasteiger partial charge in [-0.15, -0.1) is 0 Å². The first kappa shape index (κ1) is 12.8. The van der Waals surface area contributed by atoms with Crippen molar-refractivity contribution in [1.82, 2.24) is 9.97 Å². The Hall–Kier alpha value is -2.68. The lowest BCUT2D eigenvalue weighted by molar-refractivity contribution is 0.409. The minimum absolute atomic E-state index is 0.267. The van der Waals surface area contributed by atoms with Crippen LogP contribution in [0.2, 0.25) is 0 Å². The number of nitrogens with zero attached hydrogens (tertiary/aromatic N) is 3. The molecule has 2 aromatic rings. The Morgan fingerprint density at radius 3 is 2.95 bits per heavy atom. The monoisotopic (exact) mass is 258 g/mol. The molecule has 0 amide bonds. The van der Waals surface area contributed by atoms with Crippen LogP contribution in [-0.4, -0.2) is 17.1 Å². The van der Waals surface area contributed by atoms with E-state index in [-0.39, 0.29) is 11.5 Å². The van der Waals surface area contributed by atoms with Gasteiger partial charge in [0.25, 0.3) is 0 Å². The molecule has 0 radical (unpaired) electrons. The summed E-state index contributed by atoms with van der Waals surface area (Å²) in [5, 5.41) is 11.7. The van der Waals surface area contributed by atoms with Crippen LogP contribution in [0, 0.1) is 17.1 Å². The van der Waals surface area contributed by atoms with Crippen LogP contribution < -0.4 is 10.1 Å². The fourth-order valence-corrected chi connectivity index (χ4v) is 1.59. The van der Waals surface area contributed by atoms with Crippen LogP contribution in [0.4, 0.5) is 10.2 Å². The molecular formula is C13H11FN4O. The maximum absolute atomic E-state index is 13.2. The van der Waals surface area contributed by atoms with E-state index >= 15 is 0 Å². The van der Waals surface area contributed by atoms with Gasteiger partial charge in [-0.05, 0) is 18.2 Å². The van der Waals surface area contributed by atoms with E-state index in [1.54, 1.807) is 6.07 Å². The summed E-state index contributed by atoms with van der Waals surface area (Å²) >= 11 is 0. The summed E-state index contributed by atoms with van der Waals surface area (Å²) in [5.41, 5.74) is 0.934. The number of aromatic nitrogens is 2. The molecule has 19 heavy (non-hydrogen) atoms. The van der Waals surface area contributed by atoms with Crippen molar-refractivity contribution >= 4 is 5.82 Å². The maximum Gasteiger partial charge on any atom is 0.145 e. The molecule has 2 rings (SSSR count). The maximum atomic E-state index is 13.2. The Bertz CT molecular complexity index is 624. The molecule has 0 aliphatic heterocycles. The van der Waals surface area contributed by atoms with Crippen molar-refractivity contribution in [2.24, 2.45) is 0 Å². The number of nitriles is 1. The van der Waals surface area contributed by atoms with E-state index in [2.05, 4.69) is 15.3 Å². The standard InChI is InChI=1S/C13H11FN4O/c1-19-12-3-2-10(14)4-9(12)7-16-13-5-11(6-15)17-8-18-13/h2-5,8H,7H2,1H3,(H,16,17,18).